The monoisotopic (exact) mass is 1330 g/mol. The van der Waals surface area contributed by atoms with Crippen molar-refractivity contribution in [2.75, 3.05) is 77.6 Å². The number of aliphatic carboxylic acids is 1. The highest BCUT2D eigenvalue weighted by molar-refractivity contribution is 7.98. The Morgan fingerprint density at radius 1 is 0.478 bits per heavy atom. The van der Waals surface area contributed by atoms with E-state index >= 15 is 0 Å². The van der Waals surface area contributed by atoms with Gasteiger partial charge in [0.2, 0.25) is 59.1 Å². The number of nitrogens with zero attached hydrogens (tertiary/aromatic N) is 6. The van der Waals surface area contributed by atoms with Gasteiger partial charge in [-0.2, -0.15) is 11.8 Å². The summed E-state index contributed by atoms with van der Waals surface area (Å²) in [5, 5.41) is 50.8. The van der Waals surface area contributed by atoms with E-state index in [9.17, 15) is 68.1 Å². The minimum atomic E-state index is -1.74. The zero-order chi connectivity index (χ0) is 68.9. The molecule has 0 aromatic carbocycles. The molecule has 2 rings (SSSR count). The lowest BCUT2D eigenvalue weighted by Gasteiger charge is -2.31. The van der Waals surface area contributed by atoms with Gasteiger partial charge in [-0.15, -0.1) is 0 Å². The van der Waals surface area contributed by atoms with Crippen molar-refractivity contribution < 1.29 is 68.1 Å². The lowest BCUT2D eigenvalue weighted by Crippen LogP contribution is -2.60. The Kier molecular flexibility index (Phi) is 37.4. The van der Waals surface area contributed by atoms with Gasteiger partial charge in [-0.1, -0.05) is 0 Å². The van der Waals surface area contributed by atoms with Crippen LogP contribution in [0.2, 0.25) is 0 Å². The number of guanidine groups is 4. The number of amides is 10. The van der Waals surface area contributed by atoms with Gasteiger partial charge in [0.25, 0.3) is 0 Å². The molecule has 2 fully saturated rings. The molecule has 0 aliphatic carbocycles. The van der Waals surface area contributed by atoms with Crippen LogP contribution in [0.5, 0.6) is 0 Å². The van der Waals surface area contributed by atoms with Gasteiger partial charge >= 0.3 is 5.97 Å². The number of unbranched alkanes of at least 4 members (excludes halogenated alkanes) is 1. The lowest BCUT2D eigenvalue weighted by molar-refractivity contribution is -0.145. The van der Waals surface area contributed by atoms with Crippen LogP contribution in [0.4, 0.5) is 0 Å². The van der Waals surface area contributed by atoms with E-state index in [-0.39, 0.29) is 134 Å². The number of carbonyl (C=O) groups excluding carboxylic acids is 10. The summed E-state index contributed by atoms with van der Waals surface area (Å²) < 4.78 is 0. The number of carbonyl (C=O) groups is 11. The molecule has 0 radical (unpaired) electrons. The maximum Gasteiger partial charge on any atom is 0.326 e. The highest BCUT2D eigenvalue weighted by Gasteiger charge is 2.42. The van der Waals surface area contributed by atoms with E-state index < -0.39 is 145 Å². The maximum absolute atomic E-state index is 14.1. The number of thioether (sulfide) groups is 1. The number of aliphatic hydroxyl groups is 2. The smallest absolute Gasteiger partial charge is 0.326 e. The number of aliphatic imine (C=N–C) groups is 4. The third-order valence-electron chi connectivity index (χ3n) is 14.6. The van der Waals surface area contributed by atoms with Crippen molar-refractivity contribution in [3.63, 3.8) is 0 Å². The largest absolute Gasteiger partial charge is 0.480 e. The summed E-state index contributed by atoms with van der Waals surface area (Å²) in [4.78, 5) is 168. The topological polar surface area (TPSA) is 661 Å². The Labute approximate surface area is 537 Å². The molecule has 92 heavy (non-hydrogen) atoms. The number of nitrogens with two attached hydrogens (primary N) is 10. The second-order valence-corrected chi connectivity index (χ2v) is 22.7. The predicted octanol–water partition coefficient (Wildman–Crippen LogP) is -10.0. The highest BCUT2D eigenvalue weighted by Crippen LogP contribution is 2.22. The van der Waals surface area contributed by atoms with Gasteiger partial charge in [0, 0.05) is 39.3 Å². The highest BCUT2D eigenvalue weighted by atomic mass is 32.2. The number of hydrogen-bond donors (Lipinski definition) is 21. The number of rotatable bonds is 44. The molecule has 38 nitrogen and oxygen atoms in total. The van der Waals surface area contributed by atoms with Crippen molar-refractivity contribution in [1.82, 2.24) is 52.3 Å². The number of aliphatic hydroxyl groups excluding tert-OH is 2. The van der Waals surface area contributed by atoms with Crippen molar-refractivity contribution in [3.05, 3.63) is 0 Å². The number of nitrogens with one attached hydrogen (secondary N) is 8. The Balaban J connectivity index is 2.27. The first-order valence-corrected chi connectivity index (χ1v) is 31.7. The third kappa shape index (κ3) is 29.6. The van der Waals surface area contributed by atoms with Gasteiger partial charge in [-0.3, -0.25) is 67.9 Å². The van der Waals surface area contributed by atoms with Crippen LogP contribution in [0.25, 0.3) is 0 Å². The maximum atomic E-state index is 14.1. The first-order chi connectivity index (χ1) is 43.7. The molecule has 31 N–H and O–H groups in total. The molecule has 10 amide bonds. The summed E-state index contributed by atoms with van der Waals surface area (Å²) in [5.74, 6) is -10.2. The summed E-state index contributed by atoms with van der Waals surface area (Å²) >= 11 is 1.48. The van der Waals surface area contributed by atoms with Crippen LogP contribution in [-0.4, -0.2) is 252 Å². The van der Waals surface area contributed by atoms with E-state index in [0.29, 0.717) is 44.4 Å². The molecule has 0 unspecified atom stereocenters. The third-order valence-corrected chi connectivity index (χ3v) is 15.2. The summed E-state index contributed by atoms with van der Waals surface area (Å²) in [5.41, 5.74) is 55.2. The summed E-state index contributed by atoms with van der Waals surface area (Å²) in [7, 11) is 0. The second-order valence-electron chi connectivity index (χ2n) is 21.8. The molecule has 2 aliphatic rings. The fourth-order valence-electron chi connectivity index (χ4n) is 9.73. The first-order valence-electron chi connectivity index (χ1n) is 30.3. The number of carboxylic acid groups (broad SMARTS) is 1. The van der Waals surface area contributed by atoms with Crippen LogP contribution >= 0.6 is 11.8 Å². The zero-order valence-corrected chi connectivity index (χ0v) is 52.9. The molecule has 0 aromatic rings. The van der Waals surface area contributed by atoms with Crippen LogP contribution in [0, 0.1) is 0 Å². The molecule has 2 heterocycles. The molecule has 520 valence electrons. The molecule has 39 heteroatoms. The molecule has 2 aliphatic heterocycles. The normalized spacial score (nSPS) is 16.8. The molecule has 0 bridgehead atoms. The second kappa shape index (κ2) is 43.2. The van der Waals surface area contributed by atoms with E-state index in [1.807, 2.05) is 6.26 Å². The molecular weight excluding hydrogens is 1230 g/mol. The van der Waals surface area contributed by atoms with E-state index in [4.69, 9.17) is 57.3 Å². The standard InChI is InChI=1S/C53H98N24O14S/c1-92-25-17-29(55)40(81)69-31(10-2-3-18-54)42(83)71-32(12-5-20-65-51(58)59)44(85)74-35(27-78)45(86)70-30(11-4-19-64-50(56)57)41(82)68-26-39(80)76-23-8-15-37(76)46(87)75-36(28-79)48(89)77-24-9-16-38(77)47(88)72-33(13-6-21-66-52(60)61)43(84)73-34(49(90)91)14-7-22-67-53(62)63/h29-38,78-79H,2-28,54-55H2,1H3,(H,68,82)(H,69,81)(H,70,86)(H,71,83)(H,72,88)(H,73,84)(H,74,85)(H,75,87)(H,90,91)(H4,56,57,64)(H4,58,59,65)(H4,60,61,66)(H4,62,63,67)/t29-,30-,31+,32-,33+,34-,35+,36-,37-,38+/m0/s1. The summed E-state index contributed by atoms with van der Waals surface area (Å²) in [6, 6.07) is -13.4. The molecule has 10 atom stereocenters. The van der Waals surface area contributed by atoms with Crippen LogP contribution in [-0.2, 0) is 52.7 Å². The van der Waals surface area contributed by atoms with Crippen molar-refractivity contribution in [2.45, 2.75) is 163 Å². The number of carboxylic acids is 1. The molecule has 0 aromatic heterocycles. The Morgan fingerprint density at radius 2 is 0.848 bits per heavy atom. The van der Waals surface area contributed by atoms with Crippen molar-refractivity contribution >= 4 is 101 Å². The van der Waals surface area contributed by atoms with Crippen LogP contribution in [0.1, 0.15) is 103 Å². The lowest BCUT2D eigenvalue weighted by atomic mass is 10.0. The van der Waals surface area contributed by atoms with E-state index in [2.05, 4.69) is 62.5 Å². The average Bonchev–Trinajstić information content (AvgIpc) is 1.64. The molecule has 0 spiro atoms. The van der Waals surface area contributed by atoms with Gasteiger partial charge in [-0.05, 0) is 121 Å². The Morgan fingerprint density at radius 3 is 1.28 bits per heavy atom. The van der Waals surface area contributed by atoms with Gasteiger partial charge in [0.1, 0.15) is 54.4 Å². The predicted molar refractivity (Wildman–Crippen MR) is 341 cm³/mol. The van der Waals surface area contributed by atoms with Gasteiger partial charge in [0.05, 0.1) is 25.8 Å². The van der Waals surface area contributed by atoms with Crippen molar-refractivity contribution in [2.24, 2.45) is 77.3 Å². The average molecular weight is 1330 g/mol. The van der Waals surface area contributed by atoms with Crippen molar-refractivity contribution in [3.8, 4) is 0 Å². The quantitative estimate of drug-likeness (QED) is 0.0153. The van der Waals surface area contributed by atoms with Gasteiger partial charge < -0.3 is 125 Å². The minimum Gasteiger partial charge on any atom is -0.480 e. The zero-order valence-electron chi connectivity index (χ0n) is 52.1. The fraction of sp³-hybridized carbons (Fsp3) is 0.717. The minimum absolute atomic E-state index is 0.00146. The fourth-order valence-corrected chi connectivity index (χ4v) is 10.2. The molecule has 2 saturated heterocycles. The van der Waals surface area contributed by atoms with Gasteiger partial charge in [-0.25, -0.2) is 4.79 Å². The van der Waals surface area contributed by atoms with Crippen molar-refractivity contribution in [1.29, 1.82) is 0 Å². The summed E-state index contributed by atoms with van der Waals surface area (Å²) in [6.45, 7) is -2.22. The number of likely N-dealkylation sites (tertiary alicyclic amines) is 2. The molecular formula is C53H98N24O14S. The van der Waals surface area contributed by atoms with E-state index in [1.54, 1.807) is 0 Å². The van der Waals surface area contributed by atoms with Crippen LogP contribution in [0.3, 0.4) is 0 Å². The van der Waals surface area contributed by atoms with E-state index in [1.165, 1.54) is 11.8 Å². The summed E-state index contributed by atoms with van der Waals surface area (Å²) in [6.07, 6.45) is 4.18. The number of hydrogen-bond acceptors (Lipinski definition) is 20. The van der Waals surface area contributed by atoms with Crippen LogP contribution in [0.15, 0.2) is 20.0 Å². The molecule has 0 saturated carbocycles. The first kappa shape index (κ1) is 79.5. The SMILES string of the molecule is CSCC[C@H](N)C(=O)N[C@H](CCCCN)C(=O)N[C@@H](CCCN=C(N)N)C(=O)N[C@H](CO)C(=O)N[C@@H](CCCN=C(N)N)C(=O)NCC(=O)N1CCC[C@H]1C(=O)N[C@@H](CO)C(=O)N1CCC[C@@H]1C(=O)N[C@H](CCCN=C(N)N)C(=O)N[C@@H](CCCN=C(N)N)C(=O)O. The van der Waals surface area contributed by atoms with Gasteiger partial charge in [0.15, 0.2) is 23.8 Å². The van der Waals surface area contributed by atoms with Crippen LogP contribution < -0.4 is 99.9 Å². The van der Waals surface area contributed by atoms with E-state index in [0.717, 1.165) is 9.80 Å². The Bertz CT molecular complexity index is 2570. The Hall–Kier alpha value is -8.56.